The van der Waals surface area contributed by atoms with Crippen molar-refractivity contribution < 1.29 is 19.2 Å². The molecule has 0 aliphatic carbocycles. The van der Waals surface area contributed by atoms with E-state index in [4.69, 9.17) is 9.47 Å². The summed E-state index contributed by atoms with van der Waals surface area (Å²) in [6.07, 6.45) is 4.67. The summed E-state index contributed by atoms with van der Waals surface area (Å²) in [4.78, 5) is 28.6. The first kappa shape index (κ1) is 22.4. The minimum Gasteiger partial charge on any atom is -0.490 e. The third-order valence-electron chi connectivity index (χ3n) is 6.24. The molecule has 0 N–H and O–H groups in total. The molecule has 3 heterocycles. The van der Waals surface area contributed by atoms with E-state index in [2.05, 4.69) is 34.5 Å². The van der Waals surface area contributed by atoms with Crippen LogP contribution in [-0.4, -0.2) is 44.5 Å². The first-order valence-corrected chi connectivity index (χ1v) is 11.4. The number of piperidine rings is 1. The second kappa shape index (κ2) is 9.46. The van der Waals surface area contributed by atoms with Gasteiger partial charge in [0, 0.05) is 61.7 Å². The zero-order valence-electron chi connectivity index (χ0n) is 19.2. The number of benzene rings is 2. The Balaban J connectivity index is 1.15. The molecule has 0 spiro atoms. The van der Waals surface area contributed by atoms with E-state index in [1.54, 1.807) is 11.1 Å². The molecule has 1 amide bonds. The Morgan fingerprint density at radius 2 is 1.69 bits per heavy atom. The molecule has 5 rings (SSSR count). The number of ether oxygens (including phenoxy) is 2. The minimum absolute atomic E-state index is 0.00769. The first-order valence-electron chi connectivity index (χ1n) is 11.4. The van der Waals surface area contributed by atoms with Gasteiger partial charge in [0.15, 0.2) is 0 Å². The number of imidazole rings is 1. The van der Waals surface area contributed by atoms with Crippen molar-refractivity contribution in [3.63, 3.8) is 0 Å². The molecule has 1 aliphatic rings. The number of aromatic nitrogens is 2. The fraction of sp³-hybridized carbons (Fsp3) is 0.231. The van der Waals surface area contributed by atoms with Gasteiger partial charge in [-0.15, -0.1) is 0 Å². The number of pyridine rings is 1. The predicted octanol–water partition coefficient (Wildman–Crippen LogP) is 5.26. The minimum atomic E-state index is -0.495. The summed E-state index contributed by atoms with van der Waals surface area (Å²) in [5, 5.41) is 10.7. The fourth-order valence-electron chi connectivity index (χ4n) is 4.30. The van der Waals surface area contributed by atoms with E-state index < -0.39 is 11.0 Å². The molecule has 2 aromatic heterocycles. The largest absolute Gasteiger partial charge is 0.490 e. The molecule has 0 atom stereocenters. The number of nitro benzene ring substituents is 1. The van der Waals surface area contributed by atoms with Gasteiger partial charge in [-0.05, 0) is 48.9 Å². The third kappa shape index (κ3) is 4.79. The van der Waals surface area contributed by atoms with E-state index in [0.29, 0.717) is 25.9 Å². The highest BCUT2D eigenvalue weighted by Crippen LogP contribution is 2.28. The summed E-state index contributed by atoms with van der Waals surface area (Å²) in [5.41, 5.74) is 4.25. The zero-order chi connectivity index (χ0) is 24.4. The molecule has 0 radical (unpaired) electrons. The predicted molar refractivity (Wildman–Crippen MR) is 130 cm³/mol. The van der Waals surface area contributed by atoms with Gasteiger partial charge in [-0.1, -0.05) is 12.1 Å². The van der Waals surface area contributed by atoms with Crippen molar-refractivity contribution in [3.8, 4) is 22.6 Å². The molecule has 1 saturated heterocycles. The molecular formula is C26H24N4O5. The first-order chi connectivity index (χ1) is 17.0. The average Bonchev–Trinajstić information content (AvgIpc) is 3.36. The molecule has 4 aromatic rings. The Morgan fingerprint density at radius 1 is 1.00 bits per heavy atom. The van der Waals surface area contributed by atoms with E-state index in [9.17, 15) is 14.9 Å². The van der Waals surface area contributed by atoms with E-state index in [1.807, 2.05) is 24.4 Å². The monoisotopic (exact) mass is 472 g/mol. The number of likely N-dealkylation sites (tertiary alicyclic amines) is 1. The lowest BCUT2D eigenvalue weighted by Gasteiger charge is -2.31. The highest BCUT2D eigenvalue weighted by Gasteiger charge is 2.25. The van der Waals surface area contributed by atoms with Crippen LogP contribution in [0.3, 0.4) is 0 Å². The van der Waals surface area contributed by atoms with Crippen LogP contribution < -0.4 is 9.47 Å². The Labute approximate surface area is 201 Å². The van der Waals surface area contributed by atoms with Crippen LogP contribution in [-0.2, 0) is 0 Å². The standard InChI is InChI=1S/C26H24N4O5/c1-18-24(10-11-25-27-14-17-29(18)25)19-2-6-21(7-3-19)34-23-12-15-28(16-13-23)26(31)35-22-8-4-20(5-9-22)30(32)33/h2-11,14,17,23H,12-13,15-16H2,1H3. The normalized spacial score (nSPS) is 14.1. The highest BCUT2D eigenvalue weighted by molar-refractivity contribution is 5.71. The van der Waals surface area contributed by atoms with Crippen molar-refractivity contribution in [1.29, 1.82) is 0 Å². The SMILES string of the molecule is Cc1c(-c2ccc(OC3CCN(C(=O)Oc4ccc([N+](=O)[O-])cc4)CC3)cc2)ccc2nccn12. The number of aryl methyl sites for hydroxylation is 1. The molecule has 178 valence electrons. The van der Waals surface area contributed by atoms with Crippen LogP contribution in [0.5, 0.6) is 11.5 Å². The lowest BCUT2D eigenvalue weighted by Crippen LogP contribution is -2.43. The van der Waals surface area contributed by atoms with Gasteiger partial charge in [-0.2, -0.15) is 0 Å². The van der Waals surface area contributed by atoms with E-state index in [0.717, 1.165) is 28.2 Å². The smallest absolute Gasteiger partial charge is 0.415 e. The lowest BCUT2D eigenvalue weighted by atomic mass is 10.0. The van der Waals surface area contributed by atoms with Crippen molar-refractivity contribution in [2.45, 2.75) is 25.9 Å². The van der Waals surface area contributed by atoms with Crippen LogP contribution in [0, 0.1) is 17.0 Å². The lowest BCUT2D eigenvalue weighted by molar-refractivity contribution is -0.384. The number of fused-ring (bicyclic) bond motifs is 1. The molecular weight excluding hydrogens is 448 g/mol. The number of hydrogen-bond donors (Lipinski definition) is 0. The summed E-state index contributed by atoms with van der Waals surface area (Å²) in [5.74, 6) is 1.07. The Hall–Kier alpha value is -4.40. The van der Waals surface area contributed by atoms with Gasteiger partial charge in [-0.25, -0.2) is 9.78 Å². The zero-order valence-corrected chi connectivity index (χ0v) is 19.2. The number of rotatable bonds is 5. The van der Waals surface area contributed by atoms with E-state index in [-0.39, 0.29) is 17.5 Å². The van der Waals surface area contributed by atoms with Crippen LogP contribution >= 0.6 is 0 Å². The summed E-state index contributed by atoms with van der Waals surface area (Å²) >= 11 is 0. The van der Waals surface area contributed by atoms with E-state index in [1.165, 1.54) is 24.3 Å². The summed E-state index contributed by atoms with van der Waals surface area (Å²) in [6, 6.07) is 17.6. The maximum Gasteiger partial charge on any atom is 0.415 e. The number of carbonyl (C=O) groups excluding carboxylic acids is 1. The van der Waals surface area contributed by atoms with Crippen LogP contribution in [0.1, 0.15) is 18.5 Å². The van der Waals surface area contributed by atoms with Gasteiger partial charge in [0.1, 0.15) is 23.3 Å². The van der Waals surface area contributed by atoms with Crippen LogP contribution in [0.2, 0.25) is 0 Å². The van der Waals surface area contributed by atoms with Crippen molar-refractivity contribution >= 4 is 17.4 Å². The van der Waals surface area contributed by atoms with Crippen LogP contribution in [0.15, 0.2) is 73.1 Å². The van der Waals surface area contributed by atoms with Crippen molar-refractivity contribution in [1.82, 2.24) is 14.3 Å². The molecule has 0 bridgehead atoms. The highest BCUT2D eigenvalue weighted by atomic mass is 16.6. The molecule has 9 nitrogen and oxygen atoms in total. The molecule has 2 aromatic carbocycles. The third-order valence-corrected chi connectivity index (χ3v) is 6.24. The maximum absolute atomic E-state index is 12.4. The second-order valence-electron chi connectivity index (χ2n) is 8.44. The van der Waals surface area contributed by atoms with Gasteiger partial charge in [0.2, 0.25) is 0 Å². The molecule has 0 saturated carbocycles. The Kier molecular flexibility index (Phi) is 6.05. The Bertz CT molecular complexity index is 1360. The summed E-state index contributed by atoms with van der Waals surface area (Å²) in [7, 11) is 0. The number of carbonyl (C=O) groups is 1. The number of amides is 1. The second-order valence-corrected chi connectivity index (χ2v) is 8.44. The van der Waals surface area contributed by atoms with Crippen molar-refractivity contribution in [2.24, 2.45) is 0 Å². The number of hydrogen-bond acceptors (Lipinski definition) is 6. The van der Waals surface area contributed by atoms with E-state index >= 15 is 0 Å². The Morgan fingerprint density at radius 3 is 2.37 bits per heavy atom. The number of nitrogens with zero attached hydrogens (tertiary/aromatic N) is 4. The van der Waals surface area contributed by atoms with Gasteiger partial charge < -0.3 is 18.8 Å². The molecule has 1 fully saturated rings. The van der Waals surface area contributed by atoms with Crippen LogP contribution in [0.4, 0.5) is 10.5 Å². The molecule has 35 heavy (non-hydrogen) atoms. The molecule has 0 unspecified atom stereocenters. The van der Waals surface area contributed by atoms with Gasteiger partial charge in [-0.3, -0.25) is 10.1 Å². The summed E-state index contributed by atoms with van der Waals surface area (Å²) in [6.45, 7) is 3.10. The number of non-ortho nitro benzene ring substituents is 1. The fourth-order valence-corrected chi connectivity index (χ4v) is 4.30. The molecule has 9 heteroatoms. The van der Waals surface area contributed by atoms with Crippen LogP contribution in [0.25, 0.3) is 16.8 Å². The van der Waals surface area contributed by atoms with Crippen molar-refractivity contribution in [3.05, 3.63) is 88.9 Å². The number of nitro groups is 1. The topological polar surface area (TPSA) is 99.2 Å². The average molecular weight is 473 g/mol. The maximum atomic E-state index is 12.4. The molecule has 1 aliphatic heterocycles. The van der Waals surface area contributed by atoms with Gasteiger partial charge in [0.25, 0.3) is 5.69 Å². The van der Waals surface area contributed by atoms with Crippen molar-refractivity contribution in [2.75, 3.05) is 13.1 Å². The quantitative estimate of drug-likeness (QED) is 0.290. The van der Waals surface area contributed by atoms with Gasteiger partial charge in [0.05, 0.1) is 4.92 Å². The van der Waals surface area contributed by atoms with Gasteiger partial charge >= 0.3 is 6.09 Å². The summed E-state index contributed by atoms with van der Waals surface area (Å²) < 4.78 is 13.6.